The van der Waals surface area contributed by atoms with Gasteiger partial charge in [0.2, 0.25) is 5.43 Å². The van der Waals surface area contributed by atoms with Crippen LogP contribution >= 0.6 is 11.3 Å². The van der Waals surface area contributed by atoms with Gasteiger partial charge in [0.05, 0.1) is 24.9 Å². The van der Waals surface area contributed by atoms with Crippen molar-refractivity contribution in [3.63, 3.8) is 0 Å². The molecule has 6 nitrogen and oxygen atoms in total. The number of benzene rings is 2. The molecular weight excluding hydrogens is 434 g/mol. The van der Waals surface area contributed by atoms with Gasteiger partial charge in [-0.1, -0.05) is 50.2 Å². The van der Waals surface area contributed by atoms with E-state index in [9.17, 15) is 9.59 Å². The van der Waals surface area contributed by atoms with Crippen molar-refractivity contribution in [2.45, 2.75) is 20.4 Å². The van der Waals surface area contributed by atoms with E-state index in [2.05, 4.69) is 34.2 Å². The van der Waals surface area contributed by atoms with E-state index in [4.69, 9.17) is 4.74 Å². The predicted molar refractivity (Wildman–Crippen MR) is 133 cm³/mol. The number of nitrogens with zero attached hydrogens (tertiary/aromatic N) is 2. The summed E-state index contributed by atoms with van der Waals surface area (Å²) in [6.07, 6.45) is 3.09. The zero-order valence-electron chi connectivity index (χ0n) is 18.4. The number of fused-ring (bicyclic) bond motifs is 2. The normalized spacial score (nSPS) is 11.5. The van der Waals surface area contributed by atoms with E-state index < -0.39 is 0 Å². The van der Waals surface area contributed by atoms with Crippen molar-refractivity contribution >= 4 is 32.3 Å². The Kier molecular flexibility index (Phi) is 5.56. The fraction of sp³-hybridized carbons (Fsp3) is 0.192. The standard InChI is InChI=1S/C26H23N3O3S/c1-16(2)13-32-23-11-27-20(10-22(23)30)12-29-15-28-25-24(26(29)31)21(14-33-25)19-8-7-17-5-3-4-6-18(17)9-19/h3-11,14-16H,12-13H2,1-2H3,(H,27,30). The molecule has 166 valence electrons. The van der Waals surface area contributed by atoms with Gasteiger partial charge in [-0.05, 0) is 28.3 Å². The Bertz CT molecular complexity index is 1580. The molecule has 3 aromatic heterocycles. The van der Waals surface area contributed by atoms with Gasteiger partial charge >= 0.3 is 0 Å². The van der Waals surface area contributed by atoms with E-state index in [0.29, 0.717) is 28.4 Å². The smallest absolute Gasteiger partial charge is 0.263 e. The lowest BCUT2D eigenvalue weighted by Gasteiger charge is -2.10. The van der Waals surface area contributed by atoms with Crippen LogP contribution in [-0.2, 0) is 6.54 Å². The number of hydrogen-bond donors (Lipinski definition) is 1. The summed E-state index contributed by atoms with van der Waals surface area (Å²) >= 11 is 1.46. The minimum atomic E-state index is -0.209. The van der Waals surface area contributed by atoms with Crippen LogP contribution in [0.3, 0.4) is 0 Å². The molecule has 5 aromatic rings. The highest BCUT2D eigenvalue weighted by atomic mass is 32.1. The van der Waals surface area contributed by atoms with Gasteiger partial charge in [0.25, 0.3) is 5.56 Å². The molecule has 0 radical (unpaired) electrons. The summed E-state index contributed by atoms with van der Waals surface area (Å²) in [6.45, 7) is 4.73. The number of hydrogen-bond acceptors (Lipinski definition) is 5. The van der Waals surface area contributed by atoms with E-state index in [0.717, 1.165) is 21.9 Å². The Hall–Kier alpha value is -3.71. The fourth-order valence-corrected chi connectivity index (χ4v) is 4.70. The van der Waals surface area contributed by atoms with Crippen LogP contribution in [0, 0.1) is 5.92 Å². The van der Waals surface area contributed by atoms with Crippen LogP contribution in [0.5, 0.6) is 5.75 Å². The Morgan fingerprint density at radius 2 is 1.91 bits per heavy atom. The van der Waals surface area contributed by atoms with Crippen LogP contribution < -0.4 is 15.7 Å². The highest BCUT2D eigenvalue weighted by Gasteiger charge is 2.14. The Labute approximate surface area is 194 Å². The summed E-state index contributed by atoms with van der Waals surface area (Å²) in [6, 6.07) is 15.8. The number of nitrogens with one attached hydrogen (secondary N) is 1. The molecule has 5 rings (SSSR count). The second-order valence-corrected chi connectivity index (χ2v) is 9.32. The topological polar surface area (TPSA) is 77.0 Å². The average molecular weight is 458 g/mol. The lowest BCUT2D eigenvalue weighted by atomic mass is 10.0. The zero-order valence-corrected chi connectivity index (χ0v) is 19.2. The van der Waals surface area contributed by atoms with Crippen molar-refractivity contribution < 1.29 is 4.74 Å². The Morgan fingerprint density at radius 3 is 2.70 bits per heavy atom. The quantitative estimate of drug-likeness (QED) is 0.387. The van der Waals surface area contributed by atoms with Crippen molar-refractivity contribution in [3.8, 4) is 16.9 Å². The average Bonchev–Trinajstić information content (AvgIpc) is 3.25. The van der Waals surface area contributed by atoms with Crippen LogP contribution in [0.1, 0.15) is 19.5 Å². The first-order valence-electron chi connectivity index (χ1n) is 10.8. The summed E-state index contributed by atoms with van der Waals surface area (Å²) in [5, 5.41) is 4.85. The molecule has 0 aliphatic rings. The van der Waals surface area contributed by atoms with Gasteiger partial charge in [-0.25, -0.2) is 4.98 Å². The van der Waals surface area contributed by atoms with Gasteiger partial charge in [0.1, 0.15) is 4.83 Å². The molecule has 0 fully saturated rings. The van der Waals surface area contributed by atoms with Crippen LogP contribution in [0.4, 0.5) is 0 Å². The first kappa shape index (κ1) is 21.2. The molecule has 3 heterocycles. The van der Waals surface area contributed by atoms with Crippen LogP contribution in [-0.4, -0.2) is 21.1 Å². The van der Waals surface area contributed by atoms with Gasteiger partial charge in [0, 0.05) is 28.9 Å². The first-order chi connectivity index (χ1) is 16.0. The maximum absolute atomic E-state index is 13.4. The van der Waals surface area contributed by atoms with Crippen molar-refractivity contribution in [1.82, 2.24) is 14.5 Å². The summed E-state index contributed by atoms with van der Waals surface area (Å²) in [5.41, 5.74) is 2.13. The second-order valence-electron chi connectivity index (χ2n) is 8.46. The van der Waals surface area contributed by atoms with E-state index in [1.807, 2.05) is 37.4 Å². The summed E-state index contributed by atoms with van der Waals surface area (Å²) < 4.78 is 7.07. The SMILES string of the molecule is CC(C)COc1c[nH]c(Cn2cnc3scc(-c4ccc5ccccc5c4)c3c2=O)cc1=O. The molecule has 0 aliphatic carbocycles. The van der Waals surface area contributed by atoms with Gasteiger partial charge in [-0.3, -0.25) is 14.2 Å². The summed E-state index contributed by atoms with van der Waals surface area (Å²) in [4.78, 5) is 34.1. The van der Waals surface area contributed by atoms with Gasteiger partial charge < -0.3 is 9.72 Å². The number of rotatable bonds is 6. The molecule has 7 heteroatoms. The molecule has 33 heavy (non-hydrogen) atoms. The van der Waals surface area contributed by atoms with E-state index in [1.165, 1.54) is 28.3 Å². The van der Waals surface area contributed by atoms with Gasteiger partial charge in [0.15, 0.2) is 5.75 Å². The van der Waals surface area contributed by atoms with Crippen LogP contribution in [0.25, 0.3) is 32.1 Å². The Balaban J connectivity index is 1.50. The van der Waals surface area contributed by atoms with Crippen molar-refractivity contribution in [2.75, 3.05) is 6.61 Å². The molecule has 0 atom stereocenters. The molecule has 1 N–H and O–H groups in total. The molecule has 0 unspecified atom stereocenters. The third-order valence-electron chi connectivity index (χ3n) is 5.47. The minimum absolute atomic E-state index is 0.134. The molecule has 0 bridgehead atoms. The number of ether oxygens (including phenoxy) is 1. The van der Waals surface area contributed by atoms with E-state index >= 15 is 0 Å². The van der Waals surface area contributed by atoms with Crippen LogP contribution in [0.15, 0.2) is 76.0 Å². The Morgan fingerprint density at radius 1 is 1.09 bits per heavy atom. The maximum atomic E-state index is 13.4. The van der Waals surface area contributed by atoms with Crippen molar-refractivity contribution in [1.29, 1.82) is 0 Å². The minimum Gasteiger partial charge on any atom is -0.488 e. The largest absolute Gasteiger partial charge is 0.488 e. The van der Waals surface area contributed by atoms with Gasteiger partial charge in [-0.2, -0.15) is 0 Å². The van der Waals surface area contributed by atoms with Crippen LogP contribution in [0.2, 0.25) is 0 Å². The van der Waals surface area contributed by atoms with E-state index in [-0.39, 0.29) is 23.3 Å². The first-order valence-corrected chi connectivity index (χ1v) is 11.7. The summed E-state index contributed by atoms with van der Waals surface area (Å²) in [7, 11) is 0. The molecule has 0 saturated heterocycles. The fourth-order valence-electron chi connectivity index (χ4n) is 3.79. The highest BCUT2D eigenvalue weighted by Crippen LogP contribution is 2.32. The number of pyridine rings is 1. The van der Waals surface area contributed by atoms with E-state index in [1.54, 1.807) is 6.20 Å². The van der Waals surface area contributed by atoms with Crippen molar-refractivity contribution in [2.24, 2.45) is 5.92 Å². The number of aromatic amines is 1. The number of H-pyrrole nitrogens is 1. The molecular formula is C26H23N3O3S. The maximum Gasteiger partial charge on any atom is 0.263 e. The molecule has 2 aromatic carbocycles. The third kappa shape index (κ3) is 4.19. The lowest BCUT2D eigenvalue weighted by Crippen LogP contribution is -2.22. The summed E-state index contributed by atoms with van der Waals surface area (Å²) in [5.74, 6) is 0.604. The number of thiophene rings is 1. The van der Waals surface area contributed by atoms with Crippen molar-refractivity contribution in [3.05, 3.63) is 92.7 Å². The third-order valence-corrected chi connectivity index (χ3v) is 6.36. The lowest BCUT2D eigenvalue weighted by molar-refractivity contribution is 0.267. The number of aromatic nitrogens is 3. The monoisotopic (exact) mass is 457 g/mol. The molecule has 0 spiro atoms. The molecule has 0 aliphatic heterocycles. The highest BCUT2D eigenvalue weighted by molar-refractivity contribution is 7.17. The predicted octanol–water partition coefficient (Wildman–Crippen LogP) is 5.05. The molecule has 0 saturated carbocycles. The zero-order chi connectivity index (χ0) is 22.9. The second kappa shape index (κ2) is 8.67. The van der Waals surface area contributed by atoms with Gasteiger partial charge in [-0.15, -0.1) is 11.3 Å². The molecule has 0 amide bonds.